The number of benzene rings is 3. The average Bonchev–Trinajstić information content (AvgIpc) is 2.96. The average molecular weight is 631 g/mol. The smallest absolute Gasteiger partial charge is 0.432 e. The van der Waals surface area contributed by atoms with Crippen molar-refractivity contribution in [3.63, 3.8) is 0 Å². The van der Waals surface area contributed by atoms with Gasteiger partial charge < -0.3 is 19.3 Å². The zero-order valence-electron chi connectivity index (χ0n) is 24.9. The molecule has 44 heavy (non-hydrogen) atoms. The van der Waals surface area contributed by atoms with Gasteiger partial charge in [-0.1, -0.05) is 27.2 Å². The molecule has 1 atom stereocenters. The number of alkyl halides is 2. The van der Waals surface area contributed by atoms with Crippen LogP contribution in [0.5, 0.6) is 17.2 Å². The molecule has 3 aromatic carbocycles. The van der Waals surface area contributed by atoms with Crippen LogP contribution in [0.4, 0.5) is 30.7 Å². The number of hydrogen-bond donors (Lipinski definition) is 1. The molecule has 11 heteroatoms. The third-order valence-corrected chi connectivity index (χ3v) is 6.91. The first-order valence-corrected chi connectivity index (χ1v) is 14.7. The zero-order chi connectivity index (χ0) is 32.4. The fourth-order valence-electron chi connectivity index (χ4n) is 4.84. The lowest BCUT2D eigenvalue weighted by Gasteiger charge is -2.22. The molecule has 0 aliphatic rings. The Morgan fingerprint density at radius 2 is 1.27 bits per heavy atom. The minimum atomic E-state index is -4.72. The van der Waals surface area contributed by atoms with Gasteiger partial charge in [-0.05, 0) is 79.8 Å². The van der Waals surface area contributed by atoms with Gasteiger partial charge in [0, 0.05) is 18.7 Å². The Morgan fingerprint density at radius 1 is 0.727 bits per heavy atom. The Hall–Kier alpha value is -3.47. The van der Waals surface area contributed by atoms with Gasteiger partial charge in [0.1, 0.15) is 34.4 Å². The number of ether oxygens (including phenoxy) is 3. The number of aliphatic hydroxyl groups is 1. The second kappa shape index (κ2) is 16.0. The molecule has 3 aromatic rings. The fourth-order valence-corrected chi connectivity index (χ4v) is 4.84. The first-order valence-electron chi connectivity index (χ1n) is 14.7. The molecule has 0 saturated heterocycles. The highest BCUT2D eigenvalue weighted by molar-refractivity contribution is 5.78. The van der Waals surface area contributed by atoms with E-state index >= 15 is 8.78 Å². The second-order valence-corrected chi connectivity index (χ2v) is 10.5. The molecule has 4 nitrogen and oxygen atoms in total. The van der Waals surface area contributed by atoms with Crippen LogP contribution in [0.15, 0.2) is 36.4 Å². The van der Waals surface area contributed by atoms with Crippen molar-refractivity contribution in [3.05, 3.63) is 76.6 Å². The van der Waals surface area contributed by atoms with E-state index in [1.165, 1.54) is 0 Å². The number of hydrogen-bond acceptors (Lipinski definition) is 4. The van der Waals surface area contributed by atoms with E-state index in [0.29, 0.717) is 31.4 Å². The van der Waals surface area contributed by atoms with Gasteiger partial charge in [0.25, 0.3) is 0 Å². The van der Waals surface area contributed by atoms with Crippen LogP contribution >= 0.6 is 0 Å². The highest BCUT2D eigenvalue weighted by Crippen LogP contribution is 2.44. The fraction of sp³-hybridized carbons (Fsp3) is 0.455. The monoisotopic (exact) mass is 630 g/mol. The van der Waals surface area contributed by atoms with Crippen LogP contribution in [0.1, 0.15) is 70.4 Å². The van der Waals surface area contributed by atoms with Gasteiger partial charge in [-0.2, -0.15) is 8.78 Å². The Balaban J connectivity index is 2.04. The van der Waals surface area contributed by atoms with E-state index in [1.807, 2.05) is 13.8 Å². The van der Waals surface area contributed by atoms with Crippen molar-refractivity contribution >= 4 is 0 Å². The maximum absolute atomic E-state index is 15.3. The van der Waals surface area contributed by atoms with Crippen molar-refractivity contribution in [1.82, 2.24) is 0 Å². The van der Waals surface area contributed by atoms with E-state index in [2.05, 4.69) is 11.7 Å². The molecule has 0 spiro atoms. The first-order chi connectivity index (χ1) is 20.9. The van der Waals surface area contributed by atoms with Crippen LogP contribution in [0.3, 0.4) is 0 Å². The Morgan fingerprint density at radius 3 is 1.75 bits per heavy atom. The summed E-state index contributed by atoms with van der Waals surface area (Å²) in [4.78, 5) is 0. The van der Waals surface area contributed by atoms with Crippen LogP contribution in [-0.2, 0) is 12.5 Å². The Labute approximate surface area is 252 Å². The maximum Gasteiger partial charge on any atom is 0.432 e. The summed E-state index contributed by atoms with van der Waals surface area (Å²) in [7, 11) is 0. The second-order valence-electron chi connectivity index (χ2n) is 10.5. The Kier molecular flexibility index (Phi) is 12.7. The predicted molar refractivity (Wildman–Crippen MR) is 153 cm³/mol. The van der Waals surface area contributed by atoms with Crippen LogP contribution in [0.25, 0.3) is 11.1 Å². The largest absolute Gasteiger partial charge is 0.493 e. The molecular formula is C33H37F7O4. The van der Waals surface area contributed by atoms with E-state index in [9.17, 15) is 27.1 Å². The summed E-state index contributed by atoms with van der Waals surface area (Å²) in [6.07, 6.45) is 0.534. The topological polar surface area (TPSA) is 47.9 Å². The standard InChI is InChI=1S/C33H37F7O4/c1-4-8-20(19-41)9-7-10-21-13-28(42-11-5-2)30(29(14-21)43-12-6-3)22-15-24(34)31(25(35)16-22)33(39,40)44-23-17-26(36)32(38)27(37)18-23/h13-18,20,41H,4-12,19H2,1-3H3. The molecule has 1 unspecified atom stereocenters. The molecule has 0 aliphatic heterocycles. The number of rotatable bonds is 17. The van der Waals surface area contributed by atoms with Crippen molar-refractivity contribution in [3.8, 4) is 28.4 Å². The molecule has 0 saturated carbocycles. The highest BCUT2D eigenvalue weighted by Gasteiger charge is 2.42. The van der Waals surface area contributed by atoms with Crippen LogP contribution in [0, 0.1) is 35.0 Å². The molecular weight excluding hydrogens is 593 g/mol. The minimum Gasteiger partial charge on any atom is -0.493 e. The van der Waals surface area contributed by atoms with Crippen molar-refractivity contribution in [1.29, 1.82) is 0 Å². The lowest BCUT2D eigenvalue weighted by molar-refractivity contribution is -0.189. The quantitative estimate of drug-likeness (QED) is 0.119. The van der Waals surface area contributed by atoms with E-state index < -0.39 is 46.5 Å². The number of aryl methyl sites for hydroxylation is 1. The SMILES string of the molecule is CCCOc1cc(CCCC(CO)CCC)cc(OCCC)c1-c1cc(F)c(C(F)(F)Oc2cc(F)c(F)c(F)c2)c(F)c1. The van der Waals surface area contributed by atoms with E-state index in [4.69, 9.17) is 9.47 Å². The van der Waals surface area contributed by atoms with Gasteiger partial charge in [0.15, 0.2) is 17.5 Å². The van der Waals surface area contributed by atoms with Crippen molar-refractivity contribution in [2.24, 2.45) is 5.92 Å². The van der Waals surface area contributed by atoms with E-state index in [-0.39, 0.29) is 60.5 Å². The summed E-state index contributed by atoms with van der Waals surface area (Å²) < 4.78 is 117. The summed E-state index contributed by atoms with van der Waals surface area (Å²) in [5.41, 5.74) is -0.965. The number of aliphatic hydroxyl groups excluding tert-OH is 1. The molecule has 0 heterocycles. The zero-order valence-corrected chi connectivity index (χ0v) is 24.9. The van der Waals surface area contributed by atoms with Gasteiger partial charge in [0.05, 0.1) is 18.8 Å². The summed E-state index contributed by atoms with van der Waals surface area (Å²) in [6, 6.07) is 5.06. The van der Waals surface area contributed by atoms with E-state index in [1.54, 1.807) is 12.1 Å². The van der Waals surface area contributed by atoms with Crippen LogP contribution in [0.2, 0.25) is 0 Å². The van der Waals surface area contributed by atoms with Crippen molar-refractivity contribution < 1.29 is 50.1 Å². The molecule has 0 aliphatic carbocycles. The number of halogens is 7. The lowest BCUT2D eigenvalue weighted by atomic mass is 9.94. The molecule has 3 rings (SSSR count). The summed E-state index contributed by atoms with van der Waals surface area (Å²) in [5.74, 6) is -9.45. The van der Waals surface area contributed by atoms with Crippen LogP contribution in [-0.4, -0.2) is 24.9 Å². The molecule has 0 bridgehead atoms. The molecule has 242 valence electrons. The van der Waals surface area contributed by atoms with Crippen LogP contribution < -0.4 is 14.2 Å². The molecule has 0 aromatic heterocycles. The Bertz CT molecular complexity index is 1320. The molecule has 0 amide bonds. The first kappa shape index (κ1) is 35.0. The van der Waals surface area contributed by atoms with Gasteiger partial charge in [0.2, 0.25) is 0 Å². The lowest BCUT2D eigenvalue weighted by Crippen LogP contribution is -2.25. The van der Waals surface area contributed by atoms with Gasteiger partial charge in [-0.3, -0.25) is 0 Å². The van der Waals surface area contributed by atoms with Crippen molar-refractivity contribution in [2.75, 3.05) is 19.8 Å². The maximum atomic E-state index is 15.3. The van der Waals surface area contributed by atoms with Gasteiger partial charge in [-0.25, -0.2) is 22.0 Å². The third-order valence-electron chi connectivity index (χ3n) is 6.91. The molecule has 1 N–H and O–H groups in total. The van der Waals surface area contributed by atoms with Gasteiger partial charge in [-0.15, -0.1) is 0 Å². The van der Waals surface area contributed by atoms with E-state index in [0.717, 1.165) is 31.2 Å². The highest BCUT2D eigenvalue weighted by atomic mass is 19.3. The molecule has 0 radical (unpaired) electrons. The third kappa shape index (κ3) is 8.80. The summed E-state index contributed by atoms with van der Waals surface area (Å²) >= 11 is 0. The molecule has 0 fully saturated rings. The summed E-state index contributed by atoms with van der Waals surface area (Å²) in [6.45, 7) is 6.40. The normalized spacial score (nSPS) is 12.3. The van der Waals surface area contributed by atoms with Crippen molar-refractivity contribution in [2.45, 2.75) is 71.8 Å². The predicted octanol–water partition coefficient (Wildman–Crippen LogP) is 9.49. The minimum absolute atomic E-state index is 0.0946. The summed E-state index contributed by atoms with van der Waals surface area (Å²) in [5, 5.41) is 9.62. The van der Waals surface area contributed by atoms with Gasteiger partial charge >= 0.3 is 6.11 Å².